The van der Waals surface area contributed by atoms with Gasteiger partial charge in [0.1, 0.15) is 5.69 Å². The second kappa shape index (κ2) is 5.50. The van der Waals surface area contributed by atoms with E-state index in [1.54, 1.807) is 25.2 Å². The SMILES string of the molecule is CN(Cc1ccc(Cl)cc1Cl)C(=O)c1[nH]ncc1N. The Morgan fingerprint density at radius 2 is 2.21 bits per heavy atom. The molecule has 0 unspecified atom stereocenters. The highest BCUT2D eigenvalue weighted by Crippen LogP contribution is 2.22. The average Bonchev–Trinajstić information content (AvgIpc) is 2.78. The lowest BCUT2D eigenvalue weighted by molar-refractivity contribution is 0.0780. The summed E-state index contributed by atoms with van der Waals surface area (Å²) in [6.45, 7) is 0.354. The maximum Gasteiger partial charge on any atom is 0.274 e. The van der Waals surface area contributed by atoms with Crippen LogP contribution in [0.25, 0.3) is 0 Å². The highest BCUT2D eigenvalue weighted by Gasteiger charge is 2.17. The van der Waals surface area contributed by atoms with Crippen LogP contribution in [0.2, 0.25) is 10.0 Å². The molecular weight excluding hydrogens is 287 g/mol. The quantitative estimate of drug-likeness (QED) is 0.914. The zero-order valence-corrected chi connectivity index (χ0v) is 11.7. The highest BCUT2D eigenvalue weighted by atomic mass is 35.5. The molecule has 1 amide bonds. The normalized spacial score (nSPS) is 10.5. The number of anilines is 1. The molecule has 1 aromatic carbocycles. The first-order chi connectivity index (χ1) is 8.99. The zero-order valence-electron chi connectivity index (χ0n) is 10.2. The number of amides is 1. The van der Waals surface area contributed by atoms with Crippen LogP contribution < -0.4 is 5.73 Å². The van der Waals surface area contributed by atoms with E-state index in [-0.39, 0.29) is 11.6 Å². The van der Waals surface area contributed by atoms with Crippen LogP contribution in [0.3, 0.4) is 0 Å². The Labute approximate surface area is 120 Å². The van der Waals surface area contributed by atoms with Crippen molar-refractivity contribution in [1.29, 1.82) is 0 Å². The second-order valence-electron chi connectivity index (χ2n) is 4.10. The number of hydrogen-bond donors (Lipinski definition) is 2. The average molecular weight is 299 g/mol. The fourth-order valence-corrected chi connectivity index (χ4v) is 2.10. The minimum atomic E-state index is -0.249. The summed E-state index contributed by atoms with van der Waals surface area (Å²) in [5, 5.41) is 7.37. The van der Waals surface area contributed by atoms with Gasteiger partial charge in [-0.15, -0.1) is 0 Å². The van der Waals surface area contributed by atoms with Gasteiger partial charge in [0.15, 0.2) is 0 Å². The van der Waals surface area contributed by atoms with Gasteiger partial charge >= 0.3 is 0 Å². The van der Waals surface area contributed by atoms with E-state index in [1.807, 2.05) is 0 Å². The number of aromatic amines is 1. The summed E-state index contributed by atoms with van der Waals surface area (Å²) in [6, 6.07) is 5.15. The topological polar surface area (TPSA) is 75.0 Å². The van der Waals surface area contributed by atoms with Crippen molar-refractivity contribution in [2.45, 2.75) is 6.54 Å². The van der Waals surface area contributed by atoms with Crippen LogP contribution >= 0.6 is 23.2 Å². The van der Waals surface area contributed by atoms with Crippen LogP contribution in [0.5, 0.6) is 0 Å². The van der Waals surface area contributed by atoms with Crippen molar-refractivity contribution < 1.29 is 4.79 Å². The Kier molecular flexibility index (Phi) is 3.97. The lowest BCUT2D eigenvalue weighted by atomic mass is 10.2. The Hall–Kier alpha value is -1.72. The number of nitrogens with two attached hydrogens (primary N) is 1. The van der Waals surface area contributed by atoms with E-state index in [0.29, 0.717) is 22.3 Å². The second-order valence-corrected chi connectivity index (χ2v) is 4.94. The zero-order chi connectivity index (χ0) is 14.0. The van der Waals surface area contributed by atoms with Gasteiger partial charge < -0.3 is 10.6 Å². The van der Waals surface area contributed by atoms with Gasteiger partial charge in [0.05, 0.1) is 11.9 Å². The first-order valence-electron chi connectivity index (χ1n) is 5.47. The molecule has 0 aliphatic rings. The third-order valence-corrected chi connectivity index (χ3v) is 3.24. The molecule has 0 aliphatic carbocycles. The molecule has 2 rings (SSSR count). The molecule has 2 aromatic rings. The van der Waals surface area contributed by atoms with Crippen LogP contribution in [0.4, 0.5) is 5.69 Å². The van der Waals surface area contributed by atoms with Gasteiger partial charge in [-0.25, -0.2) is 0 Å². The summed E-state index contributed by atoms with van der Waals surface area (Å²) in [4.78, 5) is 13.6. The van der Waals surface area contributed by atoms with Crippen molar-refractivity contribution in [2.75, 3.05) is 12.8 Å². The van der Waals surface area contributed by atoms with Crippen LogP contribution in [0, 0.1) is 0 Å². The summed E-state index contributed by atoms with van der Waals surface area (Å²) in [6.07, 6.45) is 1.40. The van der Waals surface area contributed by atoms with Crippen LogP contribution in [0.15, 0.2) is 24.4 Å². The van der Waals surface area contributed by atoms with Crippen molar-refractivity contribution in [3.05, 3.63) is 45.7 Å². The van der Waals surface area contributed by atoms with Gasteiger partial charge in [-0.3, -0.25) is 9.89 Å². The van der Waals surface area contributed by atoms with Crippen molar-refractivity contribution in [3.63, 3.8) is 0 Å². The number of H-pyrrole nitrogens is 1. The maximum atomic E-state index is 12.1. The Bertz CT molecular complexity index is 612. The molecule has 0 spiro atoms. The monoisotopic (exact) mass is 298 g/mol. The van der Waals surface area contributed by atoms with E-state index >= 15 is 0 Å². The number of carbonyl (C=O) groups is 1. The predicted octanol–water partition coefficient (Wildman–Crippen LogP) is 2.57. The molecule has 0 atom stereocenters. The molecule has 0 saturated carbocycles. The van der Waals surface area contributed by atoms with Gasteiger partial charge in [-0.05, 0) is 17.7 Å². The molecule has 0 aliphatic heterocycles. The van der Waals surface area contributed by atoms with Crippen molar-refractivity contribution in [1.82, 2.24) is 15.1 Å². The van der Waals surface area contributed by atoms with Crippen LogP contribution in [-0.2, 0) is 6.54 Å². The molecule has 0 bridgehead atoms. The first kappa shape index (κ1) is 13.7. The smallest absolute Gasteiger partial charge is 0.274 e. The lowest BCUT2D eigenvalue weighted by Gasteiger charge is -2.17. The summed E-state index contributed by atoms with van der Waals surface area (Å²) in [5.41, 5.74) is 7.03. The molecule has 0 fully saturated rings. The number of hydrogen-bond acceptors (Lipinski definition) is 3. The molecule has 0 radical (unpaired) electrons. The van der Waals surface area contributed by atoms with Crippen molar-refractivity contribution >= 4 is 34.8 Å². The Balaban J connectivity index is 2.15. The largest absolute Gasteiger partial charge is 0.396 e. The molecule has 5 nitrogen and oxygen atoms in total. The number of aromatic nitrogens is 2. The van der Waals surface area contributed by atoms with Crippen molar-refractivity contribution in [3.8, 4) is 0 Å². The molecule has 7 heteroatoms. The number of halogens is 2. The summed E-state index contributed by atoms with van der Waals surface area (Å²) >= 11 is 11.9. The molecule has 3 N–H and O–H groups in total. The number of nitrogens with one attached hydrogen (secondary N) is 1. The maximum absolute atomic E-state index is 12.1. The van der Waals surface area contributed by atoms with Crippen molar-refractivity contribution in [2.24, 2.45) is 0 Å². The Morgan fingerprint density at radius 3 is 2.79 bits per heavy atom. The van der Waals surface area contributed by atoms with Gasteiger partial charge in [-0.2, -0.15) is 5.10 Å². The first-order valence-corrected chi connectivity index (χ1v) is 6.23. The molecule has 0 saturated heterocycles. The van der Waals surface area contributed by atoms with Crippen LogP contribution in [0.1, 0.15) is 16.1 Å². The van der Waals surface area contributed by atoms with E-state index in [0.717, 1.165) is 5.56 Å². The third-order valence-electron chi connectivity index (χ3n) is 2.65. The number of nitrogens with zero attached hydrogens (tertiary/aromatic N) is 2. The molecule has 19 heavy (non-hydrogen) atoms. The van der Waals surface area contributed by atoms with E-state index < -0.39 is 0 Å². The van der Waals surface area contributed by atoms with E-state index in [4.69, 9.17) is 28.9 Å². The summed E-state index contributed by atoms with van der Waals surface area (Å²) < 4.78 is 0. The number of nitrogen functional groups attached to an aromatic ring is 1. The fourth-order valence-electron chi connectivity index (χ4n) is 1.63. The molecular formula is C12H12Cl2N4O. The van der Waals surface area contributed by atoms with Gasteiger partial charge in [-0.1, -0.05) is 29.3 Å². The standard InChI is InChI=1S/C12H12Cl2N4O/c1-18(12(19)11-10(15)5-16-17-11)6-7-2-3-8(13)4-9(7)14/h2-5H,6,15H2,1H3,(H,16,17). The molecule has 1 aromatic heterocycles. The Morgan fingerprint density at radius 1 is 1.47 bits per heavy atom. The third kappa shape index (κ3) is 3.00. The lowest BCUT2D eigenvalue weighted by Crippen LogP contribution is -2.27. The highest BCUT2D eigenvalue weighted by molar-refractivity contribution is 6.35. The molecule has 100 valence electrons. The minimum Gasteiger partial charge on any atom is -0.396 e. The minimum absolute atomic E-state index is 0.249. The fraction of sp³-hybridized carbons (Fsp3) is 0.167. The number of benzene rings is 1. The van der Waals surface area contributed by atoms with E-state index in [9.17, 15) is 4.79 Å². The summed E-state index contributed by atoms with van der Waals surface area (Å²) in [5.74, 6) is -0.249. The predicted molar refractivity (Wildman–Crippen MR) is 75.3 cm³/mol. The summed E-state index contributed by atoms with van der Waals surface area (Å²) in [7, 11) is 1.66. The molecule has 1 heterocycles. The van der Waals surface area contributed by atoms with Gasteiger partial charge in [0.25, 0.3) is 5.91 Å². The van der Waals surface area contributed by atoms with Gasteiger partial charge in [0, 0.05) is 23.6 Å². The number of carbonyl (C=O) groups excluding carboxylic acids is 1. The van der Waals surface area contributed by atoms with E-state index in [1.165, 1.54) is 11.1 Å². The number of rotatable bonds is 3. The van der Waals surface area contributed by atoms with E-state index in [2.05, 4.69) is 10.2 Å². The van der Waals surface area contributed by atoms with Crippen LogP contribution in [-0.4, -0.2) is 28.1 Å². The van der Waals surface area contributed by atoms with Gasteiger partial charge in [0.2, 0.25) is 0 Å².